The zero-order valence-electron chi connectivity index (χ0n) is 16.8. The molecule has 0 spiro atoms. The third kappa shape index (κ3) is 3.64. The highest BCUT2D eigenvalue weighted by Gasteiger charge is 2.21. The minimum Gasteiger partial charge on any atom is -0.324 e. The number of hydrogen-bond acceptors (Lipinski definition) is 4. The van der Waals surface area contributed by atoms with Gasteiger partial charge in [-0.3, -0.25) is 14.2 Å². The molecule has 4 rings (SSSR count). The van der Waals surface area contributed by atoms with Crippen molar-refractivity contribution >= 4 is 44.7 Å². The quantitative estimate of drug-likeness (QED) is 0.452. The van der Waals surface area contributed by atoms with E-state index in [4.69, 9.17) is 11.6 Å². The van der Waals surface area contributed by atoms with E-state index in [1.54, 1.807) is 25.1 Å². The summed E-state index contributed by atoms with van der Waals surface area (Å²) in [5, 5.41) is 5.90. The number of halogens is 1. The Hall–Kier alpha value is -2.96. The highest BCUT2D eigenvalue weighted by Crippen LogP contribution is 2.31. The maximum Gasteiger partial charge on any atom is 0.263 e. The fourth-order valence-electron chi connectivity index (χ4n) is 3.27. The molecule has 0 bridgehead atoms. The maximum absolute atomic E-state index is 13.3. The molecule has 0 aliphatic carbocycles. The number of rotatable bonds is 4. The number of nitrogens with zero attached hydrogens (tertiary/aromatic N) is 2. The summed E-state index contributed by atoms with van der Waals surface area (Å²) in [7, 11) is 0. The van der Waals surface area contributed by atoms with E-state index in [0.717, 1.165) is 22.3 Å². The minimum absolute atomic E-state index is 0.234. The molecule has 5 nitrogen and oxygen atoms in total. The molecule has 2 heterocycles. The Morgan fingerprint density at radius 2 is 1.90 bits per heavy atom. The molecule has 0 fully saturated rings. The van der Waals surface area contributed by atoms with Crippen molar-refractivity contribution in [1.29, 1.82) is 0 Å². The fourth-order valence-corrected chi connectivity index (χ4v) is 4.35. The van der Waals surface area contributed by atoms with Crippen molar-refractivity contribution in [2.24, 2.45) is 0 Å². The summed E-state index contributed by atoms with van der Waals surface area (Å²) in [5.41, 5.74) is 4.10. The number of amides is 1. The molecule has 1 N–H and O–H groups in total. The van der Waals surface area contributed by atoms with Gasteiger partial charge in [0.2, 0.25) is 5.91 Å². The van der Waals surface area contributed by atoms with Crippen LogP contribution in [0.3, 0.4) is 0 Å². The molecule has 2 aromatic heterocycles. The van der Waals surface area contributed by atoms with E-state index in [0.29, 0.717) is 20.9 Å². The van der Waals surface area contributed by atoms with Gasteiger partial charge in [-0.25, -0.2) is 4.98 Å². The zero-order valence-corrected chi connectivity index (χ0v) is 18.3. The van der Waals surface area contributed by atoms with E-state index in [1.807, 2.05) is 43.5 Å². The van der Waals surface area contributed by atoms with Crippen molar-refractivity contribution in [3.8, 4) is 11.1 Å². The molecule has 1 atom stereocenters. The molecule has 2 aromatic carbocycles. The van der Waals surface area contributed by atoms with Gasteiger partial charge in [0.25, 0.3) is 5.56 Å². The molecule has 1 unspecified atom stereocenters. The normalized spacial score (nSPS) is 12.1. The number of fused-ring (bicyclic) bond motifs is 1. The maximum atomic E-state index is 13.3. The van der Waals surface area contributed by atoms with Crippen LogP contribution in [-0.4, -0.2) is 15.5 Å². The molecule has 0 aliphatic rings. The van der Waals surface area contributed by atoms with Crippen molar-refractivity contribution in [2.75, 3.05) is 5.32 Å². The second kappa shape index (κ2) is 8.05. The van der Waals surface area contributed by atoms with Crippen LogP contribution in [0.4, 0.5) is 5.69 Å². The van der Waals surface area contributed by atoms with Gasteiger partial charge in [0.05, 0.1) is 11.7 Å². The molecule has 7 heteroatoms. The molecule has 0 saturated carbocycles. The second-order valence-electron chi connectivity index (χ2n) is 7.23. The number of anilines is 1. The van der Waals surface area contributed by atoms with Crippen molar-refractivity contribution in [1.82, 2.24) is 9.55 Å². The van der Waals surface area contributed by atoms with Crippen LogP contribution in [0.25, 0.3) is 21.3 Å². The van der Waals surface area contributed by atoms with E-state index < -0.39 is 6.04 Å². The van der Waals surface area contributed by atoms with Crippen LogP contribution in [0.15, 0.2) is 59.0 Å². The van der Waals surface area contributed by atoms with Crippen LogP contribution in [0.2, 0.25) is 5.02 Å². The van der Waals surface area contributed by atoms with Gasteiger partial charge < -0.3 is 5.32 Å². The van der Waals surface area contributed by atoms with E-state index in [9.17, 15) is 9.59 Å². The number of benzene rings is 2. The van der Waals surface area contributed by atoms with Crippen molar-refractivity contribution < 1.29 is 4.79 Å². The topological polar surface area (TPSA) is 64.0 Å². The van der Waals surface area contributed by atoms with E-state index >= 15 is 0 Å². The fraction of sp³-hybridized carbons (Fsp3) is 0.174. The smallest absolute Gasteiger partial charge is 0.263 e. The highest BCUT2D eigenvalue weighted by atomic mass is 35.5. The van der Waals surface area contributed by atoms with Crippen LogP contribution in [0, 0.1) is 13.8 Å². The van der Waals surface area contributed by atoms with Gasteiger partial charge in [-0.05, 0) is 44.0 Å². The lowest BCUT2D eigenvalue weighted by Crippen LogP contribution is -2.31. The predicted molar refractivity (Wildman–Crippen MR) is 124 cm³/mol. The number of hydrogen-bond donors (Lipinski definition) is 1. The Morgan fingerprint density at radius 1 is 1.17 bits per heavy atom. The SMILES string of the molecule is Cc1ccc(-c2csc3ncn(C(C)C(=O)Nc4cccc(Cl)c4C)c(=O)c23)cc1. The summed E-state index contributed by atoms with van der Waals surface area (Å²) in [5.74, 6) is -0.310. The third-order valence-electron chi connectivity index (χ3n) is 5.20. The Kier molecular flexibility index (Phi) is 5.45. The van der Waals surface area contributed by atoms with Crippen LogP contribution in [0.5, 0.6) is 0 Å². The largest absolute Gasteiger partial charge is 0.324 e. The number of carbonyl (C=O) groups excluding carboxylic acids is 1. The molecule has 0 saturated heterocycles. The lowest BCUT2D eigenvalue weighted by Gasteiger charge is -2.16. The molecular formula is C23H20ClN3O2S. The molecule has 152 valence electrons. The van der Waals surface area contributed by atoms with Crippen molar-refractivity contribution in [2.45, 2.75) is 26.8 Å². The van der Waals surface area contributed by atoms with Gasteiger partial charge >= 0.3 is 0 Å². The monoisotopic (exact) mass is 437 g/mol. The van der Waals surface area contributed by atoms with E-state index in [-0.39, 0.29) is 11.5 Å². The standard InChI is InChI=1S/C23H20ClN3O2S/c1-13-7-9-16(10-8-13)17-11-30-22-20(17)23(29)27(12-25-22)15(3)21(28)26-19-6-4-5-18(24)14(19)2/h4-12,15H,1-3H3,(H,26,28). The lowest BCUT2D eigenvalue weighted by atomic mass is 10.0. The summed E-state index contributed by atoms with van der Waals surface area (Å²) in [6.07, 6.45) is 1.44. The molecule has 0 aliphatic heterocycles. The van der Waals surface area contributed by atoms with Gasteiger partial charge in [-0.1, -0.05) is 47.5 Å². The summed E-state index contributed by atoms with van der Waals surface area (Å²) in [6.45, 7) is 5.54. The van der Waals surface area contributed by atoms with E-state index in [2.05, 4.69) is 10.3 Å². The summed E-state index contributed by atoms with van der Waals surface area (Å²) in [4.78, 5) is 31.2. The number of aromatic nitrogens is 2. The number of nitrogens with one attached hydrogen (secondary N) is 1. The first-order valence-electron chi connectivity index (χ1n) is 9.48. The average Bonchev–Trinajstić information content (AvgIpc) is 3.17. The first-order chi connectivity index (χ1) is 14.4. The third-order valence-corrected chi connectivity index (χ3v) is 6.50. The van der Waals surface area contributed by atoms with Crippen molar-refractivity contribution in [3.05, 3.63) is 80.7 Å². The molecular weight excluding hydrogens is 418 g/mol. The Morgan fingerprint density at radius 3 is 2.63 bits per heavy atom. The van der Waals surface area contributed by atoms with Gasteiger partial charge in [-0.15, -0.1) is 11.3 Å². The summed E-state index contributed by atoms with van der Waals surface area (Å²) < 4.78 is 1.38. The van der Waals surface area contributed by atoms with Gasteiger partial charge in [0.15, 0.2) is 0 Å². The second-order valence-corrected chi connectivity index (χ2v) is 8.50. The predicted octanol–water partition coefficient (Wildman–Crippen LogP) is 5.59. The first-order valence-corrected chi connectivity index (χ1v) is 10.7. The van der Waals surface area contributed by atoms with Gasteiger partial charge in [0, 0.05) is 21.7 Å². The average molecular weight is 438 g/mol. The number of thiophene rings is 1. The van der Waals surface area contributed by atoms with Gasteiger partial charge in [-0.2, -0.15) is 0 Å². The van der Waals surface area contributed by atoms with E-state index in [1.165, 1.54) is 22.2 Å². The summed E-state index contributed by atoms with van der Waals surface area (Å²) >= 11 is 7.56. The highest BCUT2D eigenvalue weighted by molar-refractivity contribution is 7.17. The first kappa shape index (κ1) is 20.3. The minimum atomic E-state index is -0.737. The number of aryl methyl sites for hydroxylation is 1. The lowest BCUT2D eigenvalue weighted by molar-refractivity contribution is -0.118. The molecule has 4 aromatic rings. The molecule has 30 heavy (non-hydrogen) atoms. The van der Waals surface area contributed by atoms with Crippen LogP contribution >= 0.6 is 22.9 Å². The van der Waals surface area contributed by atoms with Gasteiger partial charge in [0.1, 0.15) is 10.9 Å². The number of carbonyl (C=O) groups is 1. The Balaban J connectivity index is 1.72. The van der Waals surface area contributed by atoms with Crippen LogP contribution in [-0.2, 0) is 4.79 Å². The Bertz CT molecular complexity index is 1310. The molecule has 1 amide bonds. The van der Waals surface area contributed by atoms with Crippen molar-refractivity contribution in [3.63, 3.8) is 0 Å². The Labute approximate surface area is 183 Å². The van der Waals surface area contributed by atoms with Crippen LogP contribution in [0.1, 0.15) is 24.1 Å². The molecule has 0 radical (unpaired) electrons. The zero-order chi connectivity index (χ0) is 21.4. The summed E-state index contributed by atoms with van der Waals surface area (Å²) in [6, 6.07) is 12.6. The van der Waals surface area contributed by atoms with Crippen LogP contribution < -0.4 is 10.9 Å².